The predicted octanol–water partition coefficient (Wildman–Crippen LogP) is 0.790. The van der Waals surface area contributed by atoms with Crippen LogP contribution in [0, 0.1) is 0 Å². The number of carboxylic acids is 1. The fraction of sp³-hybridized carbons (Fsp3) is 0.500. The first-order chi connectivity index (χ1) is 6.61. The Balaban J connectivity index is 4.33. The molecule has 0 spiro atoms. The summed E-state index contributed by atoms with van der Waals surface area (Å²) in [4.78, 5) is 21.5. The standard InChI is InChI=1S/C8H12O4S2/c9-7(10)5-6(1-3-13)8(11)12-2-4-14/h5,13-14H,1-4H2,(H,9,10). The summed E-state index contributed by atoms with van der Waals surface area (Å²) in [5, 5.41) is 8.46. The number of carbonyl (C=O) groups excluding carboxylic acids is 1. The molecule has 0 aromatic heterocycles. The molecule has 0 bridgehead atoms. The number of rotatable bonds is 6. The van der Waals surface area contributed by atoms with Crippen molar-refractivity contribution in [2.45, 2.75) is 6.42 Å². The number of esters is 1. The van der Waals surface area contributed by atoms with E-state index >= 15 is 0 Å². The first-order valence-electron chi connectivity index (χ1n) is 3.94. The van der Waals surface area contributed by atoms with Gasteiger partial charge in [-0.15, -0.1) is 0 Å². The third kappa shape index (κ3) is 5.93. The fourth-order valence-electron chi connectivity index (χ4n) is 0.734. The first kappa shape index (κ1) is 13.4. The topological polar surface area (TPSA) is 63.6 Å². The van der Waals surface area contributed by atoms with Gasteiger partial charge in [-0.05, 0) is 12.2 Å². The van der Waals surface area contributed by atoms with Gasteiger partial charge in [-0.2, -0.15) is 25.3 Å². The Morgan fingerprint density at radius 3 is 2.36 bits per heavy atom. The molecule has 0 aromatic rings. The Labute approximate surface area is 93.1 Å². The van der Waals surface area contributed by atoms with Gasteiger partial charge in [-0.1, -0.05) is 0 Å². The second kappa shape index (κ2) is 7.75. The van der Waals surface area contributed by atoms with Crippen LogP contribution in [-0.4, -0.2) is 35.2 Å². The maximum atomic E-state index is 11.2. The quantitative estimate of drug-likeness (QED) is 0.362. The van der Waals surface area contributed by atoms with E-state index in [9.17, 15) is 9.59 Å². The lowest BCUT2D eigenvalue weighted by molar-refractivity contribution is -0.139. The first-order valence-corrected chi connectivity index (χ1v) is 5.20. The number of aliphatic carboxylic acids is 1. The number of carboxylic acid groups (broad SMARTS) is 1. The summed E-state index contributed by atoms with van der Waals surface area (Å²) in [5.41, 5.74) is 0.120. The molecule has 0 aliphatic carbocycles. The molecule has 0 aromatic carbocycles. The van der Waals surface area contributed by atoms with Gasteiger partial charge in [0, 0.05) is 17.4 Å². The highest BCUT2D eigenvalue weighted by Crippen LogP contribution is 2.05. The van der Waals surface area contributed by atoms with E-state index in [4.69, 9.17) is 9.84 Å². The molecule has 0 aliphatic heterocycles. The fourth-order valence-corrected chi connectivity index (χ4v) is 1.07. The molecule has 80 valence electrons. The lowest BCUT2D eigenvalue weighted by atomic mass is 10.2. The minimum absolute atomic E-state index is 0.120. The molecule has 0 unspecified atom stereocenters. The molecule has 0 saturated carbocycles. The molecule has 0 amide bonds. The van der Waals surface area contributed by atoms with E-state index in [1.54, 1.807) is 0 Å². The van der Waals surface area contributed by atoms with Gasteiger partial charge < -0.3 is 9.84 Å². The van der Waals surface area contributed by atoms with E-state index in [1.807, 2.05) is 0 Å². The van der Waals surface area contributed by atoms with Gasteiger partial charge in [0.25, 0.3) is 0 Å². The maximum absolute atomic E-state index is 11.2. The zero-order chi connectivity index (χ0) is 11.0. The number of hydrogen-bond donors (Lipinski definition) is 3. The summed E-state index contributed by atoms with van der Waals surface area (Å²) in [6, 6.07) is 0. The lowest BCUT2D eigenvalue weighted by Gasteiger charge is -2.04. The van der Waals surface area contributed by atoms with Crippen LogP contribution in [-0.2, 0) is 14.3 Å². The average Bonchev–Trinajstić information content (AvgIpc) is 2.13. The summed E-state index contributed by atoms with van der Waals surface area (Å²) in [7, 11) is 0. The Hall–Kier alpha value is -0.620. The third-order valence-electron chi connectivity index (χ3n) is 1.27. The van der Waals surface area contributed by atoms with Crippen LogP contribution in [0.1, 0.15) is 6.42 Å². The zero-order valence-electron chi connectivity index (χ0n) is 7.47. The molecule has 0 radical (unpaired) electrons. The summed E-state index contributed by atoms with van der Waals surface area (Å²) >= 11 is 7.77. The van der Waals surface area contributed by atoms with Crippen LogP contribution in [0.15, 0.2) is 11.6 Å². The van der Waals surface area contributed by atoms with Crippen LogP contribution in [0.5, 0.6) is 0 Å². The highest BCUT2D eigenvalue weighted by Gasteiger charge is 2.11. The molecule has 6 heteroatoms. The highest BCUT2D eigenvalue weighted by molar-refractivity contribution is 7.80. The second-order valence-corrected chi connectivity index (χ2v) is 3.24. The van der Waals surface area contributed by atoms with E-state index < -0.39 is 11.9 Å². The number of carbonyl (C=O) groups is 2. The van der Waals surface area contributed by atoms with Gasteiger partial charge >= 0.3 is 11.9 Å². The van der Waals surface area contributed by atoms with Crippen molar-refractivity contribution in [3.8, 4) is 0 Å². The Kier molecular flexibility index (Phi) is 7.41. The molecule has 0 saturated heterocycles. The largest absolute Gasteiger partial charge is 0.478 e. The second-order valence-electron chi connectivity index (χ2n) is 2.34. The Morgan fingerprint density at radius 1 is 1.29 bits per heavy atom. The minimum atomic E-state index is -1.16. The van der Waals surface area contributed by atoms with Crippen LogP contribution in [0.4, 0.5) is 0 Å². The molecular weight excluding hydrogens is 224 g/mol. The zero-order valence-corrected chi connectivity index (χ0v) is 9.26. The molecule has 14 heavy (non-hydrogen) atoms. The summed E-state index contributed by atoms with van der Waals surface area (Å²) < 4.78 is 4.73. The number of thiol groups is 2. The normalized spacial score (nSPS) is 11.1. The van der Waals surface area contributed by atoms with Gasteiger partial charge in [0.1, 0.15) is 6.61 Å². The van der Waals surface area contributed by atoms with Crippen molar-refractivity contribution in [2.24, 2.45) is 0 Å². The summed E-state index contributed by atoms with van der Waals surface area (Å²) in [6.45, 7) is 0.172. The van der Waals surface area contributed by atoms with Crippen LogP contribution < -0.4 is 0 Å². The van der Waals surface area contributed by atoms with Crippen molar-refractivity contribution in [3.63, 3.8) is 0 Å². The van der Waals surface area contributed by atoms with Crippen molar-refractivity contribution in [1.82, 2.24) is 0 Å². The molecule has 0 rings (SSSR count). The number of ether oxygens (including phenoxy) is 1. The SMILES string of the molecule is O=C(O)C=C(CCS)C(=O)OCCS. The van der Waals surface area contributed by atoms with E-state index in [1.165, 1.54) is 0 Å². The third-order valence-corrected chi connectivity index (χ3v) is 1.67. The molecular formula is C8H12O4S2. The van der Waals surface area contributed by atoms with Crippen LogP contribution in [0.2, 0.25) is 0 Å². The molecule has 0 heterocycles. The smallest absolute Gasteiger partial charge is 0.334 e. The monoisotopic (exact) mass is 236 g/mol. The highest BCUT2D eigenvalue weighted by atomic mass is 32.1. The van der Waals surface area contributed by atoms with Gasteiger partial charge in [0.05, 0.1) is 0 Å². The summed E-state index contributed by atoms with van der Waals surface area (Å²) in [5.74, 6) is -0.970. The van der Waals surface area contributed by atoms with E-state index in [-0.39, 0.29) is 18.6 Å². The number of hydrogen-bond acceptors (Lipinski definition) is 5. The molecule has 0 fully saturated rings. The van der Waals surface area contributed by atoms with Crippen molar-refractivity contribution < 1.29 is 19.4 Å². The van der Waals surface area contributed by atoms with Gasteiger partial charge in [0.15, 0.2) is 0 Å². The Morgan fingerprint density at radius 2 is 1.93 bits per heavy atom. The van der Waals surface area contributed by atoms with E-state index in [2.05, 4.69) is 25.3 Å². The minimum Gasteiger partial charge on any atom is -0.478 e. The molecule has 4 nitrogen and oxygen atoms in total. The average molecular weight is 236 g/mol. The maximum Gasteiger partial charge on any atom is 0.334 e. The molecule has 0 atom stereocenters. The van der Waals surface area contributed by atoms with Crippen molar-refractivity contribution >= 4 is 37.2 Å². The molecule has 1 N–H and O–H groups in total. The van der Waals surface area contributed by atoms with Crippen LogP contribution in [0.25, 0.3) is 0 Å². The summed E-state index contributed by atoms with van der Waals surface area (Å²) in [6.07, 6.45) is 1.12. The van der Waals surface area contributed by atoms with Gasteiger partial charge in [-0.3, -0.25) is 0 Å². The predicted molar refractivity (Wildman–Crippen MR) is 59.0 cm³/mol. The van der Waals surface area contributed by atoms with Gasteiger partial charge in [-0.25, -0.2) is 9.59 Å². The lowest BCUT2D eigenvalue weighted by Crippen LogP contribution is -2.11. The van der Waals surface area contributed by atoms with E-state index in [0.717, 1.165) is 6.08 Å². The van der Waals surface area contributed by atoms with Crippen LogP contribution in [0.3, 0.4) is 0 Å². The van der Waals surface area contributed by atoms with E-state index in [0.29, 0.717) is 11.5 Å². The van der Waals surface area contributed by atoms with Crippen molar-refractivity contribution in [3.05, 3.63) is 11.6 Å². The van der Waals surface area contributed by atoms with Crippen molar-refractivity contribution in [2.75, 3.05) is 18.1 Å². The van der Waals surface area contributed by atoms with Gasteiger partial charge in [0.2, 0.25) is 0 Å². The van der Waals surface area contributed by atoms with Crippen LogP contribution >= 0.6 is 25.3 Å². The van der Waals surface area contributed by atoms with Crippen molar-refractivity contribution in [1.29, 1.82) is 0 Å². The Bertz CT molecular complexity index is 237. The molecule has 0 aliphatic rings.